The first kappa shape index (κ1) is 41.6. The molecule has 9 aromatic rings. The number of ether oxygens (including phenoxy) is 1. The van der Waals surface area contributed by atoms with Crippen molar-refractivity contribution in [2.24, 2.45) is 0 Å². The van der Waals surface area contributed by atoms with Gasteiger partial charge in [0.1, 0.15) is 47.3 Å². The van der Waals surface area contributed by atoms with Crippen LogP contribution in [0.25, 0.3) is 49.9 Å². The highest BCUT2D eigenvalue weighted by molar-refractivity contribution is 6.09. The van der Waals surface area contributed by atoms with E-state index >= 15 is 0 Å². The van der Waals surface area contributed by atoms with Gasteiger partial charge in [-0.15, -0.1) is 0 Å². The van der Waals surface area contributed by atoms with Gasteiger partial charge in [0.25, 0.3) is 0 Å². The van der Waals surface area contributed by atoms with E-state index < -0.39 is 23.3 Å². The zero-order valence-electron chi connectivity index (χ0n) is 36.9. The molecule has 0 N–H and O–H groups in total. The number of para-hydroxylation sites is 4. The summed E-state index contributed by atoms with van der Waals surface area (Å²) in [7, 11) is 0. The normalized spacial score (nSPS) is 13.0. The lowest BCUT2D eigenvalue weighted by Crippen LogP contribution is -2.25. The Labute approximate surface area is 375 Å². The average Bonchev–Trinajstić information content (AvgIpc) is 3.81. The fraction of sp³-hybridized carbons (Fsp3) is 0.161. The van der Waals surface area contributed by atoms with E-state index in [0.717, 1.165) is 62.4 Å². The Hall–Kier alpha value is -7.39. The highest BCUT2D eigenvalue weighted by atomic mass is 19.1. The lowest BCUT2D eigenvalue weighted by atomic mass is 9.86. The van der Waals surface area contributed by atoms with Gasteiger partial charge in [0, 0.05) is 58.0 Å². The number of rotatable bonds is 7. The number of pyridine rings is 1. The van der Waals surface area contributed by atoms with Crippen molar-refractivity contribution in [3.8, 4) is 39.6 Å². The van der Waals surface area contributed by atoms with Crippen molar-refractivity contribution in [2.45, 2.75) is 52.4 Å². The average molecular weight is 867 g/mol. The van der Waals surface area contributed by atoms with E-state index in [4.69, 9.17) is 9.72 Å². The van der Waals surface area contributed by atoms with Gasteiger partial charge in [0.2, 0.25) is 0 Å². The van der Waals surface area contributed by atoms with Crippen LogP contribution >= 0.6 is 0 Å². The third-order valence-corrected chi connectivity index (χ3v) is 12.2. The predicted molar refractivity (Wildman–Crippen MR) is 255 cm³/mol. The summed E-state index contributed by atoms with van der Waals surface area (Å²) in [6.07, 6.45) is 1.87. The Morgan fingerprint density at radius 3 is 1.71 bits per heavy atom. The van der Waals surface area contributed by atoms with Crippen LogP contribution in [0.2, 0.25) is 0 Å². The van der Waals surface area contributed by atoms with Gasteiger partial charge in [-0.3, -0.25) is 4.57 Å². The summed E-state index contributed by atoms with van der Waals surface area (Å²) in [5.41, 5.74) is 8.44. The van der Waals surface area contributed by atoms with Crippen molar-refractivity contribution >= 4 is 44.6 Å². The monoisotopic (exact) mass is 866 g/mol. The molecule has 3 heterocycles. The second-order valence-corrected chi connectivity index (χ2v) is 18.8. The van der Waals surface area contributed by atoms with E-state index in [-0.39, 0.29) is 28.6 Å². The number of aromatic nitrogens is 2. The van der Waals surface area contributed by atoms with E-state index in [1.165, 1.54) is 29.8 Å². The smallest absolute Gasteiger partial charge is 0.137 e. The third kappa shape index (κ3) is 7.75. The lowest BCUT2D eigenvalue weighted by molar-refractivity contribution is 0.479. The number of anilines is 4. The Balaban J connectivity index is 1.10. The second-order valence-electron chi connectivity index (χ2n) is 18.8. The minimum absolute atomic E-state index is 0.0690. The molecule has 0 bridgehead atoms. The molecule has 1 aliphatic rings. The molecule has 5 nitrogen and oxygen atoms in total. The van der Waals surface area contributed by atoms with Crippen LogP contribution in [0.1, 0.15) is 52.7 Å². The van der Waals surface area contributed by atoms with Crippen LogP contribution in [-0.4, -0.2) is 16.2 Å². The van der Waals surface area contributed by atoms with Crippen LogP contribution in [0.5, 0.6) is 11.5 Å². The number of nitrogens with zero attached hydrogens (tertiary/aromatic N) is 4. The SMILES string of the molecule is CC(C)(C)c1cc(Oc2ccc3c4ccccc4n(-c4cc(C(C)(C)C)ccn4)c3c2)cc(N2CN(c3c(-c4cc(F)cc(F)c4)cccc3-c3cc(F)cc(F)c3)c3ccccc32)c1. The van der Waals surface area contributed by atoms with Gasteiger partial charge in [0.05, 0.1) is 28.1 Å². The lowest BCUT2D eigenvalue weighted by Gasteiger charge is -2.28. The van der Waals surface area contributed by atoms with E-state index in [1.54, 1.807) is 18.2 Å². The van der Waals surface area contributed by atoms with Crippen LogP contribution in [0, 0.1) is 23.3 Å². The molecular weight excluding hydrogens is 821 g/mol. The van der Waals surface area contributed by atoms with Crippen molar-refractivity contribution < 1.29 is 22.3 Å². The topological polar surface area (TPSA) is 33.5 Å². The first-order chi connectivity index (χ1) is 31.1. The summed E-state index contributed by atoms with van der Waals surface area (Å²) < 4.78 is 68.7. The molecule has 2 aromatic heterocycles. The van der Waals surface area contributed by atoms with Gasteiger partial charge >= 0.3 is 0 Å². The summed E-state index contributed by atoms with van der Waals surface area (Å²) in [5.74, 6) is -0.859. The van der Waals surface area contributed by atoms with Gasteiger partial charge in [0.15, 0.2) is 0 Å². The zero-order valence-corrected chi connectivity index (χ0v) is 36.9. The van der Waals surface area contributed by atoms with Crippen molar-refractivity contribution in [3.63, 3.8) is 0 Å². The van der Waals surface area contributed by atoms with Crippen LogP contribution < -0.4 is 14.5 Å². The molecule has 0 aliphatic carbocycles. The molecule has 9 heteroatoms. The van der Waals surface area contributed by atoms with E-state index in [1.807, 2.05) is 53.6 Å². The van der Waals surface area contributed by atoms with Gasteiger partial charge in [-0.1, -0.05) is 90.1 Å². The standard InChI is InChI=1S/C56H46F4N4O/c1-55(2,3)36-20-21-61-53(28-36)64-49-15-8-7-12-47(49)48-19-18-43(32-52(48)64)65-44-27-37(56(4,5)6)26-42(31-44)62-33-63(51-17-10-9-16-50(51)62)54-45(34-22-38(57)29-39(58)23-34)13-11-14-46(54)35-24-40(59)30-41(60)25-35/h7-32H,33H2,1-6H3. The number of halogens is 4. The maximum absolute atomic E-state index is 14.9. The zero-order chi connectivity index (χ0) is 45.4. The van der Waals surface area contributed by atoms with Gasteiger partial charge in [-0.25, -0.2) is 22.5 Å². The molecule has 0 unspecified atom stereocenters. The number of fused-ring (bicyclic) bond motifs is 4. The first-order valence-corrected chi connectivity index (χ1v) is 21.6. The molecule has 7 aromatic carbocycles. The molecule has 0 radical (unpaired) electrons. The maximum atomic E-state index is 14.9. The van der Waals surface area contributed by atoms with Crippen molar-refractivity contribution in [1.82, 2.24) is 9.55 Å². The summed E-state index contributed by atoms with van der Waals surface area (Å²) >= 11 is 0. The largest absolute Gasteiger partial charge is 0.457 e. The summed E-state index contributed by atoms with van der Waals surface area (Å²) in [5, 5.41) is 2.19. The summed E-state index contributed by atoms with van der Waals surface area (Å²) in [4.78, 5) is 9.05. The molecule has 324 valence electrons. The fourth-order valence-corrected chi connectivity index (χ4v) is 8.98. The van der Waals surface area contributed by atoms with Crippen LogP contribution in [0.15, 0.2) is 158 Å². The van der Waals surface area contributed by atoms with E-state index in [0.29, 0.717) is 28.3 Å². The fourth-order valence-electron chi connectivity index (χ4n) is 8.98. The Bertz CT molecular complexity index is 3220. The quantitative estimate of drug-likeness (QED) is 0.149. The molecule has 0 saturated heterocycles. The van der Waals surface area contributed by atoms with Crippen LogP contribution in [-0.2, 0) is 10.8 Å². The number of hydrogen-bond acceptors (Lipinski definition) is 4. The molecule has 65 heavy (non-hydrogen) atoms. The summed E-state index contributed by atoms with van der Waals surface area (Å²) in [6, 6.07) is 44.8. The molecule has 10 rings (SSSR count). The maximum Gasteiger partial charge on any atom is 0.137 e. The minimum Gasteiger partial charge on any atom is -0.457 e. The second kappa shape index (κ2) is 15.7. The van der Waals surface area contributed by atoms with Gasteiger partial charge in [-0.2, -0.15) is 0 Å². The van der Waals surface area contributed by atoms with Crippen molar-refractivity contribution in [3.05, 3.63) is 192 Å². The number of benzene rings is 7. The highest BCUT2D eigenvalue weighted by Gasteiger charge is 2.33. The molecule has 0 fully saturated rings. The molecule has 0 amide bonds. The van der Waals surface area contributed by atoms with Crippen molar-refractivity contribution in [1.29, 1.82) is 0 Å². The van der Waals surface area contributed by atoms with Gasteiger partial charge in [-0.05, 0) is 112 Å². The number of hydrogen-bond donors (Lipinski definition) is 0. The molecular formula is C56H46F4N4O. The van der Waals surface area contributed by atoms with Crippen molar-refractivity contribution in [2.75, 3.05) is 16.5 Å². The first-order valence-electron chi connectivity index (χ1n) is 21.6. The van der Waals surface area contributed by atoms with E-state index in [2.05, 4.69) is 106 Å². The predicted octanol–water partition coefficient (Wildman–Crippen LogP) is 15.7. The molecule has 1 aliphatic heterocycles. The molecule has 0 atom stereocenters. The molecule has 0 saturated carbocycles. The summed E-state index contributed by atoms with van der Waals surface area (Å²) in [6.45, 7) is 13.3. The highest BCUT2D eigenvalue weighted by Crippen LogP contribution is 2.51. The van der Waals surface area contributed by atoms with Crippen LogP contribution in [0.4, 0.5) is 40.3 Å². The Morgan fingerprint density at radius 1 is 0.492 bits per heavy atom. The van der Waals surface area contributed by atoms with E-state index in [9.17, 15) is 17.6 Å². The Kier molecular flexibility index (Phi) is 10.0. The van der Waals surface area contributed by atoms with Gasteiger partial charge < -0.3 is 14.5 Å². The third-order valence-electron chi connectivity index (χ3n) is 12.2. The Morgan fingerprint density at radius 2 is 1.08 bits per heavy atom. The minimum atomic E-state index is -0.741. The van der Waals surface area contributed by atoms with Crippen LogP contribution in [0.3, 0.4) is 0 Å². The molecule has 0 spiro atoms.